The number of nitrogens with one attached hydrogen (secondary N) is 2. The first-order valence-electron chi connectivity index (χ1n) is 4.58. The summed E-state index contributed by atoms with van der Waals surface area (Å²) in [6.07, 6.45) is 5.41. The summed E-state index contributed by atoms with van der Waals surface area (Å²) < 4.78 is 0. The summed E-state index contributed by atoms with van der Waals surface area (Å²) >= 11 is 1.03. The van der Waals surface area contributed by atoms with Crippen molar-refractivity contribution in [2.45, 2.75) is 6.42 Å². The van der Waals surface area contributed by atoms with Crippen molar-refractivity contribution in [1.29, 1.82) is 0 Å². The van der Waals surface area contributed by atoms with Gasteiger partial charge in [-0.25, -0.2) is 9.97 Å². The molecular formula is C8H9N5O2S. The van der Waals surface area contributed by atoms with Gasteiger partial charge in [-0.05, 0) is 11.3 Å². The van der Waals surface area contributed by atoms with Gasteiger partial charge >= 0.3 is 5.00 Å². The lowest BCUT2D eigenvalue weighted by molar-refractivity contribution is -0.380. The summed E-state index contributed by atoms with van der Waals surface area (Å²) in [6.45, 7) is 0.637. The molecule has 84 valence electrons. The molecule has 8 heteroatoms. The number of imidazole rings is 1. The first kappa shape index (κ1) is 10.6. The molecule has 0 radical (unpaired) electrons. The Balaban J connectivity index is 1.83. The minimum Gasteiger partial charge on any atom is -0.361 e. The fraction of sp³-hybridized carbons (Fsp3) is 0.250. The highest BCUT2D eigenvalue weighted by molar-refractivity contribution is 7.18. The SMILES string of the molecule is O=[N+]([O-])c1cnc(NCCc2ncc[nH]2)s1. The smallest absolute Gasteiger partial charge is 0.345 e. The third kappa shape index (κ3) is 2.54. The Morgan fingerprint density at radius 1 is 1.56 bits per heavy atom. The van der Waals surface area contributed by atoms with Gasteiger partial charge in [0, 0.05) is 25.4 Å². The van der Waals surface area contributed by atoms with E-state index in [9.17, 15) is 10.1 Å². The number of H-pyrrole nitrogens is 1. The van der Waals surface area contributed by atoms with E-state index in [-0.39, 0.29) is 5.00 Å². The summed E-state index contributed by atoms with van der Waals surface area (Å²) in [5.41, 5.74) is 0. The molecule has 0 spiro atoms. The molecule has 0 saturated carbocycles. The van der Waals surface area contributed by atoms with Crippen molar-refractivity contribution in [1.82, 2.24) is 15.0 Å². The van der Waals surface area contributed by atoms with Crippen molar-refractivity contribution >= 4 is 21.5 Å². The van der Waals surface area contributed by atoms with Crippen LogP contribution in [0.4, 0.5) is 10.1 Å². The van der Waals surface area contributed by atoms with Crippen LogP contribution in [0.5, 0.6) is 0 Å². The fourth-order valence-corrected chi connectivity index (χ4v) is 1.81. The second kappa shape index (κ2) is 4.71. The average molecular weight is 239 g/mol. The molecule has 0 atom stereocenters. The van der Waals surface area contributed by atoms with Gasteiger partial charge in [-0.2, -0.15) is 0 Å². The number of aromatic amines is 1. The number of nitro groups is 1. The van der Waals surface area contributed by atoms with Crippen LogP contribution in [0.1, 0.15) is 5.82 Å². The van der Waals surface area contributed by atoms with Gasteiger partial charge in [0.1, 0.15) is 12.0 Å². The van der Waals surface area contributed by atoms with Gasteiger partial charge in [-0.3, -0.25) is 10.1 Å². The number of thiazole rings is 1. The highest BCUT2D eigenvalue weighted by Gasteiger charge is 2.10. The molecule has 2 aromatic rings. The molecule has 0 unspecified atom stereocenters. The van der Waals surface area contributed by atoms with E-state index in [4.69, 9.17) is 0 Å². The summed E-state index contributed by atoms with van der Waals surface area (Å²) in [5.74, 6) is 0.874. The van der Waals surface area contributed by atoms with Crippen LogP contribution < -0.4 is 5.32 Å². The Morgan fingerprint density at radius 3 is 3.06 bits per heavy atom. The number of rotatable bonds is 5. The summed E-state index contributed by atoms with van der Waals surface area (Å²) in [4.78, 5) is 20.9. The van der Waals surface area contributed by atoms with Crippen molar-refractivity contribution in [2.75, 3.05) is 11.9 Å². The van der Waals surface area contributed by atoms with Crippen LogP contribution >= 0.6 is 11.3 Å². The van der Waals surface area contributed by atoms with Crippen LogP contribution in [0.3, 0.4) is 0 Å². The standard InChI is InChI=1S/C8H9N5O2S/c14-13(15)7-5-12-8(16-7)11-2-1-6-9-3-4-10-6/h3-5H,1-2H2,(H,9,10)(H,11,12). The van der Waals surface area contributed by atoms with Crippen LogP contribution in [0.2, 0.25) is 0 Å². The maximum atomic E-state index is 10.4. The van der Waals surface area contributed by atoms with Gasteiger partial charge in [-0.15, -0.1) is 0 Å². The molecule has 0 bridgehead atoms. The Labute approximate surface area is 94.7 Å². The minimum atomic E-state index is -0.449. The van der Waals surface area contributed by atoms with E-state index < -0.39 is 4.92 Å². The second-order valence-corrected chi connectivity index (χ2v) is 3.98. The number of hydrogen-bond acceptors (Lipinski definition) is 6. The largest absolute Gasteiger partial charge is 0.361 e. The zero-order chi connectivity index (χ0) is 11.4. The van der Waals surface area contributed by atoms with Crippen LogP contribution in [0.15, 0.2) is 18.6 Å². The van der Waals surface area contributed by atoms with Crippen molar-refractivity contribution in [2.24, 2.45) is 0 Å². The molecule has 16 heavy (non-hydrogen) atoms. The summed E-state index contributed by atoms with van der Waals surface area (Å²) in [6, 6.07) is 0. The number of anilines is 1. The average Bonchev–Trinajstić information content (AvgIpc) is 2.87. The quantitative estimate of drug-likeness (QED) is 0.607. The lowest BCUT2D eigenvalue weighted by Crippen LogP contribution is -2.05. The molecule has 2 rings (SSSR count). The Bertz CT molecular complexity index is 466. The van der Waals surface area contributed by atoms with Crippen molar-refractivity contribution in [3.63, 3.8) is 0 Å². The van der Waals surface area contributed by atoms with E-state index in [2.05, 4.69) is 20.3 Å². The maximum Gasteiger partial charge on any atom is 0.345 e. The Hall–Kier alpha value is -1.96. The van der Waals surface area contributed by atoms with Gasteiger partial charge in [0.15, 0.2) is 5.13 Å². The fourth-order valence-electron chi connectivity index (χ4n) is 1.15. The van der Waals surface area contributed by atoms with E-state index in [1.165, 1.54) is 6.20 Å². The van der Waals surface area contributed by atoms with Crippen LogP contribution in [-0.2, 0) is 6.42 Å². The van der Waals surface area contributed by atoms with Crippen molar-refractivity contribution in [3.8, 4) is 0 Å². The molecule has 0 fully saturated rings. The molecule has 0 aromatic carbocycles. The summed E-state index contributed by atoms with van der Waals surface area (Å²) in [7, 11) is 0. The molecule has 0 aliphatic carbocycles. The minimum absolute atomic E-state index is 0.0421. The van der Waals surface area contributed by atoms with E-state index in [1.807, 2.05) is 0 Å². The van der Waals surface area contributed by atoms with E-state index in [0.717, 1.165) is 23.6 Å². The molecule has 0 saturated heterocycles. The van der Waals surface area contributed by atoms with E-state index in [0.29, 0.717) is 11.7 Å². The lowest BCUT2D eigenvalue weighted by atomic mass is 10.4. The topological polar surface area (TPSA) is 96.7 Å². The molecule has 0 aliphatic heterocycles. The predicted octanol–water partition coefficient (Wildman–Crippen LogP) is 1.43. The van der Waals surface area contributed by atoms with Crippen LogP contribution in [-0.4, -0.2) is 26.4 Å². The molecule has 2 N–H and O–H groups in total. The van der Waals surface area contributed by atoms with Gasteiger partial charge in [0.2, 0.25) is 0 Å². The molecule has 7 nitrogen and oxygen atoms in total. The Kier molecular flexibility index (Phi) is 3.10. The summed E-state index contributed by atoms with van der Waals surface area (Å²) in [5, 5.41) is 14.0. The number of aromatic nitrogens is 3. The molecule has 2 aromatic heterocycles. The highest BCUT2D eigenvalue weighted by atomic mass is 32.1. The molecule has 2 heterocycles. The molecular weight excluding hydrogens is 230 g/mol. The van der Waals surface area contributed by atoms with E-state index in [1.54, 1.807) is 12.4 Å². The molecule has 0 aliphatic rings. The van der Waals surface area contributed by atoms with Crippen molar-refractivity contribution < 1.29 is 4.92 Å². The maximum absolute atomic E-state index is 10.4. The van der Waals surface area contributed by atoms with Gasteiger partial charge in [-0.1, -0.05) is 0 Å². The highest BCUT2D eigenvalue weighted by Crippen LogP contribution is 2.24. The third-order valence-electron chi connectivity index (χ3n) is 1.87. The van der Waals surface area contributed by atoms with Gasteiger partial charge in [0.05, 0.1) is 4.92 Å². The predicted molar refractivity (Wildman–Crippen MR) is 59.5 cm³/mol. The normalized spacial score (nSPS) is 10.2. The van der Waals surface area contributed by atoms with Gasteiger partial charge in [0.25, 0.3) is 0 Å². The van der Waals surface area contributed by atoms with Gasteiger partial charge < -0.3 is 10.3 Å². The first-order valence-corrected chi connectivity index (χ1v) is 5.39. The third-order valence-corrected chi connectivity index (χ3v) is 2.77. The Morgan fingerprint density at radius 2 is 2.44 bits per heavy atom. The number of hydrogen-bond donors (Lipinski definition) is 2. The van der Waals surface area contributed by atoms with Crippen LogP contribution in [0, 0.1) is 10.1 Å². The van der Waals surface area contributed by atoms with Crippen molar-refractivity contribution in [3.05, 3.63) is 34.5 Å². The zero-order valence-corrected chi connectivity index (χ0v) is 9.03. The van der Waals surface area contributed by atoms with E-state index >= 15 is 0 Å². The zero-order valence-electron chi connectivity index (χ0n) is 8.21. The first-order chi connectivity index (χ1) is 7.75. The van der Waals surface area contributed by atoms with Crippen LogP contribution in [0.25, 0.3) is 0 Å². The second-order valence-electron chi connectivity index (χ2n) is 2.97. The molecule has 0 amide bonds. The monoisotopic (exact) mass is 239 g/mol. The number of nitrogens with zero attached hydrogens (tertiary/aromatic N) is 3. The lowest BCUT2D eigenvalue weighted by Gasteiger charge is -1.98.